The summed E-state index contributed by atoms with van der Waals surface area (Å²) in [4.78, 5) is 14.7. The van der Waals surface area contributed by atoms with Crippen molar-refractivity contribution < 1.29 is 4.79 Å². The molecule has 0 unspecified atom stereocenters. The number of anilines is 1. The molecule has 23 heavy (non-hydrogen) atoms. The van der Waals surface area contributed by atoms with E-state index in [0.717, 1.165) is 24.9 Å². The van der Waals surface area contributed by atoms with Gasteiger partial charge in [-0.2, -0.15) is 0 Å². The molecule has 2 rings (SSSR count). The first kappa shape index (κ1) is 17.5. The number of rotatable bonds is 5. The van der Waals surface area contributed by atoms with Crippen LogP contribution in [-0.2, 0) is 4.79 Å². The molecule has 0 radical (unpaired) electrons. The van der Waals surface area contributed by atoms with Gasteiger partial charge in [-0.25, -0.2) is 5.84 Å². The Morgan fingerprint density at radius 1 is 1.35 bits per heavy atom. The second-order valence-electron chi connectivity index (χ2n) is 7.04. The Morgan fingerprint density at radius 2 is 2.04 bits per heavy atom. The molecule has 1 heterocycles. The van der Waals surface area contributed by atoms with Crippen molar-refractivity contribution in [1.29, 1.82) is 0 Å². The number of fused-ring (bicyclic) bond motifs is 1. The third kappa shape index (κ3) is 3.42. The van der Waals surface area contributed by atoms with Gasteiger partial charge in [0.15, 0.2) is 0 Å². The molecule has 4 heteroatoms. The smallest absolute Gasteiger partial charge is 0.256 e. The van der Waals surface area contributed by atoms with E-state index in [-0.39, 0.29) is 17.5 Å². The van der Waals surface area contributed by atoms with E-state index in [1.165, 1.54) is 16.7 Å². The van der Waals surface area contributed by atoms with Crippen LogP contribution in [0.15, 0.2) is 24.3 Å². The molecule has 0 aliphatic carbocycles. The average molecular weight is 315 g/mol. The van der Waals surface area contributed by atoms with Crippen molar-refractivity contribution in [3.63, 3.8) is 0 Å². The predicted octanol–water partition coefficient (Wildman–Crippen LogP) is 3.55. The van der Waals surface area contributed by atoms with Gasteiger partial charge in [-0.1, -0.05) is 37.5 Å². The van der Waals surface area contributed by atoms with E-state index in [4.69, 9.17) is 5.84 Å². The maximum Gasteiger partial charge on any atom is 0.256 e. The highest BCUT2D eigenvalue weighted by Gasteiger charge is 2.38. The fourth-order valence-electron chi connectivity index (χ4n) is 3.60. The van der Waals surface area contributed by atoms with Crippen LogP contribution in [0.3, 0.4) is 0 Å². The lowest BCUT2D eigenvalue weighted by Crippen LogP contribution is -2.57. The Morgan fingerprint density at radius 3 is 2.65 bits per heavy atom. The topological polar surface area (TPSA) is 58.4 Å². The van der Waals surface area contributed by atoms with E-state index in [0.29, 0.717) is 0 Å². The molecule has 1 aliphatic rings. The number of aryl methyl sites for hydroxylation is 1. The number of carbonyl (C=O) groups is 1. The number of unbranched alkanes of at least 4 members (excludes halogenated alkanes) is 1. The summed E-state index contributed by atoms with van der Waals surface area (Å²) in [7, 11) is 0. The summed E-state index contributed by atoms with van der Waals surface area (Å²) in [6, 6.07) is 6.17. The summed E-state index contributed by atoms with van der Waals surface area (Å²) in [6.07, 6.45) is 5.09. The molecule has 0 saturated heterocycles. The van der Waals surface area contributed by atoms with Crippen molar-refractivity contribution in [2.24, 2.45) is 5.84 Å². The highest BCUT2D eigenvalue weighted by Crippen LogP contribution is 2.41. The zero-order valence-electron chi connectivity index (χ0n) is 14.9. The van der Waals surface area contributed by atoms with Gasteiger partial charge in [0.2, 0.25) is 0 Å². The molecular formula is C19H29N3O. The first-order valence-corrected chi connectivity index (χ1v) is 8.42. The number of nitrogens with one attached hydrogen (secondary N) is 1. The molecule has 1 aromatic rings. The zero-order valence-corrected chi connectivity index (χ0v) is 14.9. The second kappa shape index (κ2) is 6.75. The summed E-state index contributed by atoms with van der Waals surface area (Å²) >= 11 is 0. The predicted molar refractivity (Wildman–Crippen MR) is 97.0 cm³/mol. The Bertz CT molecular complexity index is 619. The summed E-state index contributed by atoms with van der Waals surface area (Å²) in [5, 5.41) is 0. The van der Waals surface area contributed by atoms with E-state index in [1.807, 2.05) is 0 Å². The highest BCUT2D eigenvalue weighted by atomic mass is 16.2. The number of hydrogen-bond donors (Lipinski definition) is 2. The maximum atomic E-state index is 12.5. The largest absolute Gasteiger partial charge is 0.350 e. The Labute approximate surface area is 139 Å². The molecule has 0 saturated carbocycles. The van der Waals surface area contributed by atoms with Crippen molar-refractivity contribution in [3.05, 3.63) is 35.4 Å². The molecule has 0 bridgehead atoms. The normalized spacial score (nSPS) is 17.3. The number of hydrogen-bond acceptors (Lipinski definition) is 3. The number of allylic oxidation sites excluding steroid dienone is 1. The Hall–Kier alpha value is -1.81. The number of nitrogens with two attached hydrogens (primary N) is 1. The number of amides is 1. The molecule has 1 aromatic carbocycles. The average Bonchev–Trinajstić information content (AvgIpc) is 2.49. The van der Waals surface area contributed by atoms with Gasteiger partial charge in [0, 0.05) is 11.3 Å². The number of benzene rings is 1. The van der Waals surface area contributed by atoms with Gasteiger partial charge >= 0.3 is 0 Å². The molecule has 0 spiro atoms. The Kier molecular flexibility index (Phi) is 5.15. The minimum atomic E-state index is -0.263. The van der Waals surface area contributed by atoms with E-state index in [2.05, 4.69) is 69.2 Å². The van der Waals surface area contributed by atoms with Crippen LogP contribution in [0.5, 0.6) is 0 Å². The van der Waals surface area contributed by atoms with Crippen molar-refractivity contribution in [2.75, 3.05) is 4.90 Å². The third-order valence-electron chi connectivity index (χ3n) is 4.61. The van der Waals surface area contributed by atoms with Crippen LogP contribution >= 0.6 is 0 Å². The van der Waals surface area contributed by atoms with Crippen molar-refractivity contribution in [3.8, 4) is 0 Å². The van der Waals surface area contributed by atoms with Crippen LogP contribution in [-0.4, -0.2) is 17.5 Å². The van der Waals surface area contributed by atoms with Crippen LogP contribution in [0.25, 0.3) is 5.57 Å². The van der Waals surface area contributed by atoms with Crippen LogP contribution in [0.1, 0.15) is 58.1 Å². The van der Waals surface area contributed by atoms with Gasteiger partial charge in [0.1, 0.15) is 6.04 Å². The van der Waals surface area contributed by atoms with E-state index in [9.17, 15) is 4.79 Å². The molecule has 1 atom stereocenters. The zero-order chi connectivity index (χ0) is 17.2. The highest BCUT2D eigenvalue weighted by molar-refractivity contribution is 5.89. The minimum absolute atomic E-state index is 0.119. The van der Waals surface area contributed by atoms with Crippen LogP contribution in [0, 0.1) is 6.92 Å². The molecule has 1 aliphatic heterocycles. The lowest BCUT2D eigenvalue weighted by atomic mass is 9.85. The lowest BCUT2D eigenvalue weighted by Gasteiger charge is -2.47. The Balaban J connectivity index is 2.55. The van der Waals surface area contributed by atoms with E-state index < -0.39 is 0 Å². The lowest BCUT2D eigenvalue weighted by molar-refractivity contribution is -0.122. The van der Waals surface area contributed by atoms with Gasteiger partial charge in [-0.15, -0.1) is 0 Å². The van der Waals surface area contributed by atoms with E-state index in [1.54, 1.807) is 0 Å². The third-order valence-corrected chi connectivity index (χ3v) is 4.61. The molecule has 4 nitrogen and oxygen atoms in total. The monoisotopic (exact) mass is 315 g/mol. The second-order valence-corrected chi connectivity index (χ2v) is 7.04. The first-order valence-electron chi connectivity index (χ1n) is 8.42. The summed E-state index contributed by atoms with van der Waals surface area (Å²) in [5.41, 5.74) is 6.93. The van der Waals surface area contributed by atoms with Gasteiger partial charge in [-0.05, 0) is 51.8 Å². The quantitative estimate of drug-likeness (QED) is 0.496. The van der Waals surface area contributed by atoms with Crippen LogP contribution < -0.4 is 16.2 Å². The molecule has 3 N–H and O–H groups in total. The fourth-order valence-corrected chi connectivity index (χ4v) is 3.60. The number of nitrogens with zero attached hydrogens (tertiary/aromatic N) is 1. The van der Waals surface area contributed by atoms with Crippen molar-refractivity contribution >= 4 is 17.2 Å². The number of hydrazine groups is 1. The minimum Gasteiger partial charge on any atom is -0.350 e. The van der Waals surface area contributed by atoms with Gasteiger partial charge < -0.3 is 4.90 Å². The van der Waals surface area contributed by atoms with Crippen molar-refractivity contribution in [2.45, 2.75) is 65.5 Å². The molecule has 1 amide bonds. The van der Waals surface area contributed by atoms with E-state index >= 15 is 0 Å². The number of carbonyl (C=O) groups excluding carboxylic acids is 1. The standard InChI is InChI=1S/C19H29N3O/c1-6-7-8-17(18(23)21-20)22-16-10-9-13(2)11-15(16)14(3)12-19(22,4)5/h9-12,17H,6-8,20H2,1-5H3,(H,21,23)/t17-/m0/s1. The SMILES string of the molecule is CCCC[C@@H](C(=O)NN)N1c2ccc(C)cc2C(C)=CC1(C)C. The summed E-state index contributed by atoms with van der Waals surface area (Å²) in [5.74, 6) is 5.35. The molecular weight excluding hydrogens is 286 g/mol. The summed E-state index contributed by atoms with van der Waals surface area (Å²) < 4.78 is 0. The van der Waals surface area contributed by atoms with Gasteiger partial charge in [0.05, 0.1) is 5.54 Å². The first-order chi connectivity index (χ1) is 10.8. The molecule has 126 valence electrons. The van der Waals surface area contributed by atoms with Crippen LogP contribution in [0.4, 0.5) is 5.69 Å². The molecule has 0 aromatic heterocycles. The van der Waals surface area contributed by atoms with Gasteiger partial charge in [0.25, 0.3) is 5.91 Å². The van der Waals surface area contributed by atoms with Crippen LogP contribution in [0.2, 0.25) is 0 Å². The summed E-state index contributed by atoms with van der Waals surface area (Å²) in [6.45, 7) is 10.7. The fraction of sp³-hybridized carbons (Fsp3) is 0.526. The molecule has 0 fully saturated rings. The van der Waals surface area contributed by atoms with Gasteiger partial charge in [-0.3, -0.25) is 10.2 Å². The van der Waals surface area contributed by atoms with Crippen molar-refractivity contribution in [1.82, 2.24) is 5.43 Å². The maximum absolute atomic E-state index is 12.5.